The zero-order valence-corrected chi connectivity index (χ0v) is 15.2. The highest BCUT2D eigenvalue weighted by Gasteiger charge is 2.20. The van der Waals surface area contributed by atoms with Crippen molar-refractivity contribution in [3.8, 4) is 11.5 Å². The van der Waals surface area contributed by atoms with Crippen molar-refractivity contribution in [1.29, 1.82) is 0 Å². The maximum absolute atomic E-state index is 14.3. The Hall–Kier alpha value is -2.35. The van der Waals surface area contributed by atoms with E-state index in [9.17, 15) is 18.0 Å². The summed E-state index contributed by atoms with van der Waals surface area (Å²) in [4.78, 5) is 12.6. The number of ether oxygens (including phenoxy) is 2. The van der Waals surface area contributed by atoms with Crippen molar-refractivity contribution in [2.75, 3.05) is 14.2 Å². The normalized spacial score (nSPS) is 12.0. The first-order chi connectivity index (χ1) is 12.4. The Bertz CT molecular complexity index is 786. The molecule has 26 heavy (non-hydrogen) atoms. The van der Waals surface area contributed by atoms with E-state index in [1.54, 1.807) is 19.1 Å². The number of hydrogen-bond acceptors (Lipinski definition) is 4. The van der Waals surface area contributed by atoms with Crippen LogP contribution < -0.4 is 14.8 Å². The summed E-state index contributed by atoms with van der Waals surface area (Å²) >= 11 is 0.286. The lowest BCUT2D eigenvalue weighted by Gasteiger charge is -2.18. The van der Waals surface area contributed by atoms with Gasteiger partial charge in [0.25, 0.3) is 11.7 Å². The van der Waals surface area contributed by atoms with Gasteiger partial charge in [0.05, 0.1) is 25.8 Å². The lowest BCUT2D eigenvalue weighted by Crippen LogP contribution is -2.27. The minimum Gasteiger partial charge on any atom is -0.493 e. The average Bonchev–Trinajstić information content (AvgIpc) is 2.61. The van der Waals surface area contributed by atoms with E-state index in [0.717, 1.165) is 6.07 Å². The molecule has 1 atom stereocenters. The van der Waals surface area contributed by atoms with Crippen LogP contribution in [0, 0.1) is 5.82 Å². The summed E-state index contributed by atoms with van der Waals surface area (Å²) in [6.07, 6.45) is 0. The summed E-state index contributed by atoms with van der Waals surface area (Å²) in [5, 5.41) is 2.62. The predicted octanol–water partition coefficient (Wildman–Crippen LogP) is 4.65. The molecule has 4 nitrogen and oxygen atoms in total. The molecule has 0 heterocycles. The molecule has 2 aromatic rings. The number of hydrogen-bond donors (Lipinski definition) is 1. The standard InChI is InChI=1S/C18H18F3NO3S/c1-10(12-8-14(24-2)15(25-3)9-13(12)19)22-17(23)11-6-4-5-7-16(11)26-18(20)21/h4-10,18H,1-3H3,(H,22,23). The lowest BCUT2D eigenvalue weighted by atomic mass is 10.1. The molecule has 0 saturated heterocycles. The molecule has 0 aliphatic carbocycles. The number of carbonyl (C=O) groups is 1. The summed E-state index contributed by atoms with van der Waals surface area (Å²) in [6, 6.07) is 7.90. The van der Waals surface area contributed by atoms with Gasteiger partial charge >= 0.3 is 0 Å². The van der Waals surface area contributed by atoms with E-state index in [0.29, 0.717) is 5.75 Å². The number of halogens is 3. The van der Waals surface area contributed by atoms with E-state index in [-0.39, 0.29) is 33.5 Å². The van der Waals surface area contributed by atoms with Gasteiger partial charge in [0.2, 0.25) is 0 Å². The van der Waals surface area contributed by atoms with Gasteiger partial charge in [-0.25, -0.2) is 4.39 Å². The highest BCUT2D eigenvalue weighted by molar-refractivity contribution is 7.99. The van der Waals surface area contributed by atoms with E-state index in [1.165, 1.54) is 32.4 Å². The van der Waals surface area contributed by atoms with Crippen LogP contribution in [0.15, 0.2) is 41.3 Å². The molecule has 0 aliphatic rings. The van der Waals surface area contributed by atoms with E-state index < -0.39 is 23.5 Å². The highest BCUT2D eigenvalue weighted by atomic mass is 32.2. The van der Waals surface area contributed by atoms with E-state index >= 15 is 0 Å². The van der Waals surface area contributed by atoms with E-state index in [1.807, 2.05) is 0 Å². The predicted molar refractivity (Wildman–Crippen MR) is 93.7 cm³/mol. The Morgan fingerprint density at radius 1 is 1.12 bits per heavy atom. The maximum Gasteiger partial charge on any atom is 0.288 e. The fraction of sp³-hybridized carbons (Fsp3) is 0.278. The van der Waals surface area contributed by atoms with Crippen LogP contribution in [0.1, 0.15) is 28.9 Å². The summed E-state index contributed by atoms with van der Waals surface area (Å²) in [5.41, 5.74) is 0.292. The van der Waals surface area contributed by atoms with Gasteiger partial charge in [-0.2, -0.15) is 8.78 Å². The third-order valence-corrected chi connectivity index (χ3v) is 4.45. The van der Waals surface area contributed by atoms with E-state index in [2.05, 4.69) is 5.32 Å². The van der Waals surface area contributed by atoms with Gasteiger partial charge in [-0.05, 0) is 25.1 Å². The second-order valence-electron chi connectivity index (χ2n) is 5.30. The van der Waals surface area contributed by atoms with Crippen molar-refractivity contribution in [1.82, 2.24) is 5.32 Å². The number of benzene rings is 2. The molecule has 2 rings (SSSR count). The van der Waals surface area contributed by atoms with Crippen molar-refractivity contribution in [2.24, 2.45) is 0 Å². The zero-order chi connectivity index (χ0) is 19.3. The third kappa shape index (κ3) is 4.63. The molecule has 140 valence electrons. The molecule has 0 spiro atoms. The Morgan fingerprint density at radius 2 is 1.73 bits per heavy atom. The summed E-state index contributed by atoms with van der Waals surface area (Å²) < 4.78 is 49.8. The molecular formula is C18H18F3NO3S. The van der Waals surface area contributed by atoms with Gasteiger partial charge in [0, 0.05) is 16.5 Å². The Balaban J connectivity index is 2.25. The summed E-state index contributed by atoms with van der Waals surface area (Å²) in [7, 11) is 2.81. The number of carbonyl (C=O) groups excluding carboxylic acids is 1. The van der Waals surface area contributed by atoms with Gasteiger partial charge < -0.3 is 14.8 Å². The first-order valence-electron chi connectivity index (χ1n) is 7.63. The number of rotatable bonds is 7. The van der Waals surface area contributed by atoms with Crippen molar-refractivity contribution < 1.29 is 27.4 Å². The van der Waals surface area contributed by atoms with Gasteiger partial charge in [-0.15, -0.1) is 0 Å². The molecule has 0 aromatic heterocycles. The summed E-state index contributed by atoms with van der Waals surface area (Å²) in [5.74, 6) is -3.25. The molecule has 0 aliphatic heterocycles. The third-order valence-electron chi connectivity index (χ3n) is 3.66. The van der Waals surface area contributed by atoms with Gasteiger partial charge in [0.1, 0.15) is 5.82 Å². The number of methoxy groups -OCH3 is 2. The monoisotopic (exact) mass is 385 g/mol. The first-order valence-corrected chi connectivity index (χ1v) is 8.51. The second kappa shape index (κ2) is 8.84. The molecular weight excluding hydrogens is 367 g/mol. The van der Waals surface area contributed by atoms with Crippen molar-refractivity contribution >= 4 is 17.7 Å². The van der Waals surface area contributed by atoms with Gasteiger partial charge in [-0.1, -0.05) is 23.9 Å². The fourth-order valence-corrected chi connectivity index (χ4v) is 3.04. The largest absolute Gasteiger partial charge is 0.493 e. The van der Waals surface area contributed by atoms with Gasteiger partial charge in [0.15, 0.2) is 11.5 Å². The Morgan fingerprint density at radius 3 is 2.35 bits per heavy atom. The smallest absolute Gasteiger partial charge is 0.288 e. The lowest BCUT2D eigenvalue weighted by molar-refractivity contribution is 0.0936. The van der Waals surface area contributed by atoms with Crippen LogP contribution in [0.25, 0.3) is 0 Å². The van der Waals surface area contributed by atoms with Gasteiger partial charge in [-0.3, -0.25) is 4.79 Å². The SMILES string of the molecule is COc1cc(F)c(C(C)NC(=O)c2ccccc2SC(F)F)cc1OC. The topological polar surface area (TPSA) is 47.6 Å². The zero-order valence-electron chi connectivity index (χ0n) is 14.4. The van der Waals surface area contributed by atoms with Crippen LogP contribution in [0.4, 0.5) is 13.2 Å². The van der Waals surface area contributed by atoms with Crippen LogP contribution in [0.2, 0.25) is 0 Å². The molecule has 1 amide bonds. The molecule has 2 aromatic carbocycles. The minimum absolute atomic E-state index is 0.102. The molecule has 8 heteroatoms. The van der Waals surface area contributed by atoms with Crippen LogP contribution >= 0.6 is 11.8 Å². The summed E-state index contributed by atoms with van der Waals surface area (Å²) in [6.45, 7) is 1.59. The fourth-order valence-electron chi connectivity index (χ4n) is 2.41. The van der Waals surface area contributed by atoms with Crippen molar-refractivity contribution in [2.45, 2.75) is 23.6 Å². The molecule has 0 saturated carbocycles. The van der Waals surface area contributed by atoms with Crippen molar-refractivity contribution in [3.63, 3.8) is 0 Å². The molecule has 0 bridgehead atoms. The quantitative estimate of drug-likeness (QED) is 0.705. The van der Waals surface area contributed by atoms with E-state index in [4.69, 9.17) is 9.47 Å². The van der Waals surface area contributed by atoms with Crippen LogP contribution in [-0.2, 0) is 0 Å². The molecule has 0 radical (unpaired) electrons. The maximum atomic E-state index is 14.3. The number of amides is 1. The Labute approximate surface area is 153 Å². The average molecular weight is 385 g/mol. The van der Waals surface area contributed by atoms with Crippen molar-refractivity contribution in [3.05, 3.63) is 53.3 Å². The van der Waals surface area contributed by atoms with Crippen LogP contribution in [0.3, 0.4) is 0 Å². The first kappa shape index (κ1) is 20.0. The van der Waals surface area contributed by atoms with Crippen LogP contribution in [0.5, 0.6) is 11.5 Å². The minimum atomic E-state index is -2.65. The highest BCUT2D eigenvalue weighted by Crippen LogP contribution is 2.33. The number of nitrogens with one attached hydrogen (secondary N) is 1. The molecule has 0 fully saturated rings. The number of thioether (sulfide) groups is 1. The number of alkyl halides is 2. The van der Waals surface area contributed by atoms with Crippen LogP contribution in [-0.4, -0.2) is 25.9 Å². The Kier molecular flexibility index (Phi) is 6.79. The molecule has 1 unspecified atom stereocenters. The molecule has 1 N–H and O–H groups in total. The second-order valence-corrected chi connectivity index (χ2v) is 6.33.